The Morgan fingerprint density at radius 2 is 1.66 bits per heavy atom. The maximum absolute atomic E-state index is 12.5. The van der Waals surface area contributed by atoms with Crippen LogP contribution in [0.2, 0.25) is 0 Å². The number of carbonyl (C=O) groups is 3. The minimum atomic E-state index is -3.57. The number of nitrogens with one attached hydrogen (secondary N) is 1. The van der Waals surface area contributed by atoms with E-state index in [4.69, 9.17) is 0 Å². The molecule has 1 saturated carbocycles. The Labute approximate surface area is 168 Å². The summed E-state index contributed by atoms with van der Waals surface area (Å²) in [4.78, 5) is 37.7. The van der Waals surface area contributed by atoms with Crippen LogP contribution in [-0.4, -0.2) is 55.5 Å². The molecule has 2 aliphatic rings. The van der Waals surface area contributed by atoms with Crippen LogP contribution in [0.15, 0.2) is 47.4 Å². The minimum absolute atomic E-state index is 0.0522. The van der Waals surface area contributed by atoms with Gasteiger partial charge in [-0.15, -0.1) is 0 Å². The number of imide groups is 1. The third kappa shape index (κ3) is 3.32. The van der Waals surface area contributed by atoms with Crippen LogP contribution in [0.1, 0.15) is 43.9 Å². The van der Waals surface area contributed by atoms with Crippen molar-refractivity contribution in [1.29, 1.82) is 0 Å². The average molecular weight is 413 g/mol. The summed E-state index contributed by atoms with van der Waals surface area (Å²) in [5.41, 5.74) is 1.18. The van der Waals surface area contributed by atoms with E-state index < -0.39 is 21.8 Å². The number of rotatable bonds is 5. The Kier molecular flexibility index (Phi) is 4.51. The Bertz CT molecular complexity index is 1140. The zero-order valence-corrected chi connectivity index (χ0v) is 16.7. The van der Waals surface area contributed by atoms with Gasteiger partial charge in [0, 0.05) is 31.4 Å². The first-order valence-corrected chi connectivity index (χ1v) is 10.5. The fourth-order valence-corrected chi connectivity index (χ4v) is 4.64. The van der Waals surface area contributed by atoms with Gasteiger partial charge >= 0.3 is 0 Å². The van der Waals surface area contributed by atoms with Crippen molar-refractivity contribution in [2.75, 3.05) is 19.4 Å². The molecule has 2 aromatic rings. The lowest BCUT2D eigenvalue weighted by molar-refractivity contribution is 0.0692. The number of hydrogen-bond acceptors (Lipinski definition) is 5. The molecular weight excluding hydrogens is 394 g/mol. The molecule has 150 valence electrons. The van der Waals surface area contributed by atoms with Crippen LogP contribution in [0.5, 0.6) is 0 Å². The Morgan fingerprint density at radius 3 is 2.28 bits per heavy atom. The quantitative estimate of drug-likeness (QED) is 0.755. The van der Waals surface area contributed by atoms with Crippen molar-refractivity contribution in [2.45, 2.75) is 23.8 Å². The van der Waals surface area contributed by atoms with Crippen molar-refractivity contribution in [1.82, 2.24) is 9.21 Å². The molecule has 0 radical (unpaired) electrons. The van der Waals surface area contributed by atoms with Gasteiger partial charge in [0.15, 0.2) is 0 Å². The molecule has 0 bridgehead atoms. The van der Waals surface area contributed by atoms with E-state index in [1.807, 2.05) is 0 Å². The molecule has 1 aliphatic heterocycles. The molecule has 0 spiro atoms. The largest absolute Gasteiger partial charge is 0.322 e. The molecule has 0 saturated heterocycles. The summed E-state index contributed by atoms with van der Waals surface area (Å²) < 4.78 is 26.4. The molecular formula is C20H19N3O5S. The Morgan fingerprint density at radius 1 is 1.03 bits per heavy atom. The lowest BCUT2D eigenvalue weighted by Crippen LogP contribution is -2.29. The van der Waals surface area contributed by atoms with E-state index in [-0.39, 0.29) is 28.0 Å². The second kappa shape index (κ2) is 6.78. The molecule has 9 heteroatoms. The number of amides is 3. The van der Waals surface area contributed by atoms with E-state index in [9.17, 15) is 22.8 Å². The lowest BCUT2D eigenvalue weighted by atomic mass is 10.1. The zero-order valence-electron chi connectivity index (χ0n) is 15.9. The molecule has 2 aromatic carbocycles. The van der Waals surface area contributed by atoms with Gasteiger partial charge in [-0.25, -0.2) is 8.42 Å². The molecule has 29 heavy (non-hydrogen) atoms. The standard InChI is InChI=1S/C20H19N3O5S/c1-22-19(25)16-10-5-13(11-17(16)20(22)26)21-18(24)12-3-8-15(9-4-12)29(27,28)23(2)14-6-7-14/h3-5,8-11,14H,6-7H2,1-2H3,(H,21,24). The summed E-state index contributed by atoms with van der Waals surface area (Å²) in [6.07, 6.45) is 1.72. The first-order valence-electron chi connectivity index (χ1n) is 9.06. The highest BCUT2D eigenvalue weighted by Gasteiger charge is 2.35. The third-order valence-electron chi connectivity index (χ3n) is 5.20. The van der Waals surface area contributed by atoms with Crippen molar-refractivity contribution in [3.63, 3.8) is 0 Å². The van der Waals surface area contributed by atoms with Crippen molar-refractivity contribution in [3.8, 4) is 0 Å². The van der Waals surface area contributed by atoms with Gasteiger partial charge in [-0.3, -0.25) is 19.3 Å². The fraction of sp³-hybridized carbons (Fsp3) is 0.250. The second-order valence-corrected chi connectivity index (χ2v) is 9.16. The smallest absolute Gasteiger partial charge is 0.261 e. The van der Waals surface area contributed by atoms with E-state index in [0.717, 1.165) is 17.7 Å². The average Bonchev–Trinajstić information content (AvgIpc) is 3.54. The maximum atomic E-state index is 12.5. The second-order valence-electron chi connectivity index (χ2n) is 7.16. The van der Waals surface area contributed by atoms with Crippen LogP contribution >= 0.6 is 0 Å². The molecule has 1 fully saturated rings. The zero-order chi connectivity index (χ0) is 20.9. The number of carbonyl (C=O) groups excluding carboxylic acids is 3. The van der Waals surface area contributed by atoms with Gasteiger partial charge in [-0.1, -0.05) is 0 Å². The molecule has 1 aliphatic carbocycles. The predicted octanol–water partition coefficient (Wildman–Crippen LogP) is 1.95. The van der Waals surface area contributed by atoms with Crippen molar-refractivity contribution in [2.24, 2.45) is 0 Å². The monoisotopic (exact) mass is 413 g/mol. The van der Waals surface area contributed by atoms with Crippen molar-refractivity contribution < 1.29 is 22.8 Å². The number of fused-ring (bicyclic) bond motifs is 1. The van der Waals surface area contributed by atoms with Crippen LogP contribution in [-0.2, 0) is 10.0 Å². The predicted molar refractivity (Wildman–Crippen MR) is 105 cm³/mol. The number of anilines is 1. The van der Waals surface area contributed by atoms with Gasteiger partial charge in [0.05, 0.1) is 16.0 Å². The molecule has 1 heterocycles. The number of nitrogens with zero attached hydrogens (tertiary/aromatic N) is 2. The highest BCUT2D eigenvalue weighted by molar-refractivity contribution is 7.89. The summed E-state index contributed by atoms with van der Waals surface area (Å²) in [6.45, 7) is 0. The molecule has 8 nitrogen and oxygen atoms in total. The summed E-state index contributed by atoms with van der Waals surface area (Å²) in [5.74, 6) is -1.25. The molecule has 4 rings (SSSR count). The van der Waals surface area contributed by atoms with Gasteiger partial charge in [-0.05, 0) is 55.3 Å². The molecule has 0 aromatic heterocycles. The fourth-order valence-electron chi connectivity index (χ4n) is 3.22. The molecule has 3 amide bonds. The van der Waals surface area contributed by atoms with Crippen LogP contribution in [0, 0.1) is 0 Å². The lowest BCUT2D eigenvalue weighted by Gasteiger charge is -2.16. The van der Waals surface area contributed by atoms with Gasteiger partial charge in [0.2, 0.25) is 10.0 Å². The molecule has 1 N–H and O–H groups in total. The van der Waals surface area contributed by atoms with E-state index >= 15 is 0 Å². The summed E-state index contributed by atoms with van der Waals surface area (Å²) in [5, 5.41) is 2.67. The SMILES string of the molecule is CN1C(=O)c2ccc(NC(=O)c3ccc(S(=O)(=O)N(C)C4CC4)cc3)cc2C1=O. The maximum Gasteiger partial charge on any atom is 0.261 e. The molecule has 0 unspecified atom stereocenters. The summed E-state index contributed by atoms with van der Waals surface area (Å²) in [6, 6.07) is 10.3. The normalized spacial score (nSPS) is 16.3. The van der Waals surface area contributed by atoms with Crippen molar-refractivity contribution in [3.05, 3.63) is 59.2 Å². The van der Waals surface area contributed by atoms with Gasteiger partial charge in [0.1, 0.15) is 0 Å². The third-order valence-corrected chi connectivity index (χ3v) is 7.13. The van der Waals surface area contributed by atoms with Crippen LogP contribution in [0.4, 0.5) is 5.69 Å². The van der Waals surface area contributed by atoms with Gasteiger partial charge in [0.25, 0.3) is 17.7 Å². The first-order chi connectivity index (χ1) is 13.7. The number of sulfonamides is 1. The van der Waals surface area contributed by atoms with Gasteiger partial charge in [-0.2, -0.15) is 4.31 Å². The highest BCUT2D eigenvalue weighted by atomic mass is 32.2. The van der Waals surface area contributed by atoms with Crippen LogP contribution in [0.25, 0.3) is 0 Å². The summed E-state index contributed by atoms with van der Waals surface area (Å²) in [7, 11) is -0.611. The van der Waals surface area contributed by atoms with Gasteiger partial charge < -0.3 is 5.32 Å². The van der Waals surface area contributed by atoms with Crippen LogP contribution < -0.4 is 5.32 Å². The Hall–Kier alpha value is -3.04. The minimum Gasteiger partial charge on any atom is -0.322 e. The first kappa shape index (κ1) is 19.3. The number of benzene rings is 2. The highest BCUT2D eigenvalue weighted by Crippen LogP contribution is 2.30. The van der Waals surface area contributed by atoms with Crippen molar-refractivity contribution >= 4 is 33.4 Å². The van der Waals surface area contributed by atoms with E-state index in [1.165, 1.54) is 47.8 Å². The topological polar surface area (TPSA) is 104 Å². The van der Waals surface area contributed by atoms with Crippen LogP contribution in [0.3, 0.4) is 0 Å². The van der Waals surface area contributed by atoms with E-state index in [0.29, 0.717) is 11.3 Å². The van der Waals surface area contributed by atoms with E-state index in [2.05, 4.69) is 5.32 Å². The van der Waals surface area contributed by atoms with E-state index in [1.54, 1.807) is 13.1 Å². The Balaban J connectivity index is 1.51. The number of hydrogen-bond donors (Lipinski definition) is 1. The molecule has 0 atom stereocenters. The summed E-state index contributed by atoms with van der Waals surface area (Å²) >= 11 is 0.